The molecule has 5 heterocycles. The number of piperidine rings is 1. The van der Waals surface area contributed by atoms with Crippen LogP contribution in [-0.2, 0) is 23.6 Å². The molecule has 2 aromatic carbocycles. The number of carbonyl (C=O) groups is 1. The summed E-state index contributed by atoms with van der Waals surface area (Å²) >= 11 is 5.97. The van der Waals surface area contributed by atoms with Crippen molar-refractivity contribution in [2.75, 3.05) is 19.7 Å². The second-order valence-electron chi connectivity index (χ2n) is 11.7. The maximum atomic E-state index is 14.8. The van der Waals surface area contributed by atoms with Crippen molar-refractivity contribution in [3.63, 3.8) is 0 Å². The van der Waals surface area contributed by atoms with Gasteiger partial charge in [-0.2, -0.15) is 0 Å². The molecule has 0 unspecified atom stereocenters. The van der Waals surface area contributed by atoms with Gasteiger partial charge in [0.15, 0.2) is 17.2 Å². The molecule has 2 aromatic heterocycles. The Kier molecular flexibility index (Phi) is 7.34. The summed E-state index contributed by atoms with van der Waals surface area (Å²) < 4.78 is 40.7. The summed E-state index contributed by atoms with van der Waals surface area (Å²) in [6.07, 6.45) is 3.96. The zero-order chi connectivity index (χ0) is 30.6. The molecule has 4 aromatic rings. The summed E-state index contributed by atoms with van der Waals surface area (Å²) in [5, 5.41) is 9.66. The highest BCUT2D eigenvalue weighted by atomic mass is 35.5. The number of aryl methyl sites for hydroxylation is 1. The Bertz CT molecular complexity index is 1730. The Labute approximate surface area is 258 Å². The summed E-state index contributed by atoms with van der Waals surface area (Å²) in [4.78, 5) is 22.9. The number of para-hydroxylation sites is 1. The first-order valence-corrected chi connectivity index (χ1v) is 15.1. The number of oxazole rings is 1. The molecule has 0 aliphatic carbocycles. The number of hydrogen-bond donors (Lipinski definition) is 1. The van der Waals surface area contributed by atoms with Crippen molar-refractivity contribution in [1.29, 1.82) is 0 Å². The van der Waals surface area contributed by atoms with E-state index < -0.39 is 17.6 Å². The van der Waals surface area contributed by atoms with E-state index in [1.165, 1.54) is 6.07 Å². The van der Waals surface area contributed by atoms with Crippen LogP contribution in [-0.4, -0.2) is 56.3 Å². The van der Waals surface area contributed by atoms with Gasteiger partial charge in [0.05, 0.1) is 30.5 Å². The van der Waals surface area contributed by atoms with Gasteiger partial charge >= 0.3 is 5.97 Å². The summed E-state index contributed by atoms with van der Waals surface area (Å²) in [7, 11) is 0. The number of nitrogens with zero attached hydrogens (tertiary/aromatic N) is 4. The molecule has 0 saturated carbocycles. The number of aromatic carboxylic acids is 1. The normalized spacial score (nSPS) is 21.9. The molecule has 2 saturated heterocycles. The molecular weight excluding hydrogens is 591 g/mol. The van der Waals surface area contributed by atoms with Gasteiger partial charge in [0.25, 0.3) is 5.79 Å². The predicted octanol–water partition coefficient (Wildman–Crippen LogP) is 6.15. The molecule has 12 heteroatoms. The molecule has 2 fully saturated rings. The van der Waals surface area contributed by atoms with Gasteiger partial charge in [-0.15, -0.1) is 0 Å². The lowest BCUT2D eigenvalue weighted by atomic mass is 9.88. The Morgan fingerprint density at radius 1 is 1.16 bits per heavy atom. The van der Waals surface area contributed by atoms with E-state index in [0.717, 1.165) is 62.3 Å². The minimum Gasteiger partial charge on any atom is -0.476 e. The number of fused-ring (bicyclic) bond motifs is 1. The van der Waals surface area contributed by atoms with Gasteiger partial charge in [0, 0.05) is 24.1 Å². The Morgan fingerprint density at radius 2 is 1.95 bits per heavy atom. The second kappa shape index (κ2) is 11.2. The molecule has 10 nitrogen and oxygen atoms in total. The van der Waals surface area contributed by atoms with Gasteiger partial charge in [-0.1, -0.05) is 23.7 Å². The fraction of sp³-hybridized carbons (Fsp3) is 0.406. The standard InChI is InChI=1S/C32H32ClFN4O6/c1-18-28(30-36-25(17-42-30)31(39)40)38(15-21-10-13-41-21)27(35-18)16-37-11-8-19(9-12-37)22-4-3-5-26-29(22)44-32(2,43-26)23-7-6-20(33)14-24(23)34/h3-7,14,17,19,21H,8-13,15-16H2,1-2H3,(H,39,40)/t21-,32+/m1/s1. The van der Waals surface area contributed by atoms with E-state index >= 15 is 0 Å². The summed E-state index contributed by atoms with van der Waals surface area (Å²) in [5.74, 6) is -0.316. The largest absolute Gasteiger partial charge is 0.476 e. The predicted molar refractivity (Wildman–Crippen MR) is 157 cm³/mol. The van der Waals surface area contributed by atoms with Crippen molar-refractivity contribution >= 4 is 17.6 Å². The third-order valence-corrected chi connectivity index (χ3v) is 8.99. The van der Waals surface area contributed by atoms with Gasteiger partial charge in [-0.25, -0.2) is 19.2 Å². The van der Waals surface area contributed by atoms with Gasteiger partial charge in [0.2, 0.25) is 5.89 Å². The van der Waals surface area contributed by atoms with E-state index in [9.17, 15) is 14.3 Å². The van der Waals surface area contributed by atoms with Crippen LogP contribution in [0.25, 0.3) is 11.6 Å². The minimum absolute atomic E-state index is 0.0650. The Hall–Kier alpha value is -3.93. The number of likely N-dealkylation sites (tertiary alicyclic amines) is 1. The van der Waals surface area contributed by atoms with E-state index in [2.05, 4.69) is 20.5 Å². The first-order chi connectivity index (χ1) is 21.2. The minimum atomic E-state index is -1.29. The van der Waals surface area contributed by atoms with E-state index in [1.807, 2.05) is 19.1 Å². The highest BCUT2D eigenvalue weighted by molar-refractivity contribution is 6.30. The SMILES string of the molecule is Cc1nc(CN2CCC(c3cccc4c3O[C@@](C)(c3ccc(Cl)cc3F)O4)CC2)n(C[C@H]2CCO2)c1-c1nc(C(=O)O)co1. The fourth-order valence-electron chi connectivity index (χ4n) is 6.37. The molecule has 0 amide bonds. The highest BCUT2D eigenvalue weighted by Crippen LogP contribution is 2.50. The Balaban J connectivity index is 1.08. The van der Waals surface area contributed by atoms with Crippen molar-refractivity contribution in [2.45, 2.75) is 64.0 Å². The van der Waals surface area contributed by atoms with Crippen molar-refractivity contribution in [3.8, 4) is 23.1 Å². The lowest BCUT2D eigenvalue weighted by molar-refractivity contribution is -0.0712. The van der Waals surface area contributed by atoms with Crippen LogP contribution in [0.1, 0.15) is 65.2 Å². The first-order valence-electron chi connectivity index (χ1n) is 14.7. The molecule has 44 heavy (non-hydrogen) atoms. The molecular formula is C32H32ClFN4O6. The molecule has 1 N–H and O–H groups in total. The van der Waals surface area contributed by atoms with Crippen LogP contribution in [0, 0.1) is 12.7 Å². The number of rotatable bonds is 8. The lowest BCUT2D eigenvalue weighted by Gasteiger charge is -2.33. The highest BCUT2D eigenvalue weighted by Gasteiger charge is 2.43. The van der Waals surface area contributed by atoms with E-state index in [-0.39, 0.29) is 23.6 Å². The van der Waals surface area contributed by atoms with Crippen LogP contribution in [0.5, 0.6) is 11.5 Å². The number of benzene rings is 2. The van der Waals surface area contributed by atoms with Gasteiger partial charge in [-0.3, -0.25) is 4.90 Å². The van der Waals surface area contributed by atoms with Crippen LogP contribution in [0.4, 0.5) is 4.39 Å². The zero-order valence-corrected chi connectivity index (χ0v) is 25.1. The smallest absolute Gasteiger partial charge is 0.357 e. The van der Waals surface area contributed by atoms with Crippen LogP contribution >= 0.6 is 11.6 Å². The second-order valence-corrected chi connectivity index (χ2v) is 12.1. The van der Waals surface area contributed by atoms with E-state index in [0.29, 0.717) is 40.9 Å². The number of ether oxygens (including phenoxy) is 3. The molecule has 230 valence electrons. The van der Waals surface area contributed by atoms with Gasteiger partial charge in [0.1, 0.15) is 23.6 Å². The monoisotopic (exact) mass is 622 g/mol. The molecule has 0 spiro atoms. The average Bonchev–Trinajstić information content (AvgIpc) is 3.66. The molecule has 0 radical (unpaired) electrons. The number of hydrogen-bond acceptors (Lipinski definition) is 8. The fourth-order valence-corrected chi connectivity index (χ4v) is 6.53. The summed E-state index contributed by atoms with van der Waals surface area (Å²) in [6.45, 7) is 7.21. The van der Waals surface area contributed by atoms with Crippen LogP contribution in [0.3, 0.4) is 0 Å². The molecule has 3 aliphatic rings. The molecule has 7 rings (SSSR count). The van der Waals surface area contributed by atoms with Crippen LogP contribution in [0.2, 0.25) is 5.02 Å². The van der Waals surface area contributed by atoms with Gasteiger partial charge < -0.3 is 28.3 Å². The number of carboxylic acids is 1. The molecule has 3 aliphatic heterocycles. The van der Waals surface area contributed by atoms with Crippen molar-refractivity contribution in [1.82, 2.24) is 19.4 Å². The number of carboxylic acid groups (broad SMARTS) is 1. The zero-order valence-electron chi connectivity index (χ0n) is 24.4. The maximum absolute atomic E-state index is 14.8. The van der Waals surface area contributed by atoms with Crippen LogP contribution in [0.15, 0.2) is 47.1 Å². The van der Waals surface area contributed by atoms with E-state index in [4.69, 9.17) is 35.2 Å². The summed E-state index contributed by atoms with van der Waals surface area (Å²) in [5.41, 5.74) is 2.61. The Morgan fingerprint density at radius 3 is 2.64 bits per heavy atom. The topological polar surface area (TPSA) is 112 Å². The molecule has 0 bridgehead atoms. The van der Waals surface area contributed by atoms with Crippen molar-refractivity contribution in [3.05, 3.63) is 81.8 Å². The maximum Gasteiger partial charge on any atom is 0.357 e. The van der Waals surface area contributed by atoms with Crippen molar-refractivity contribution < 1.29 is 32.9 Å². The third kappa shape index (κ3) is 5.22. The quantitative estimate of drug-likeness (QED) is 0.247. The lowest BCUT2D eigenvalue weighted by Crippen LogP contribution is -2.35. The average molecular weight is 623 g/mol. The molecule has 2 atom stereocenters. The number of aromatic nitrogens is 3. The number of halogens is 2. The third-order valence-electron chi connectivity index (χ3n) is 8.75. The van der Waals surface area contributed by atoms with Crippen molar-refractivity contribution in [2.24, 2.45) is 0 Å². The van der Waals surface area contributed by atoms with Crippen LogP contribution < -0.4 is 9.47 Å². The van der Waals surface area contributed by atoms with E-state index in [1.54, 1.807) is 19.1 Å². The first kappa shape index (κ1) is 28.8. The number of imidazole rings is 1. The van der Waals surface area contributed by atoms with Gasteiger partial charge in [-0.05, 0) is 69.5 Å². The summed E-state index contributed by atoms with van der Waals surface area (Å²) in [6, 6.07) is 10.4.